The lowest BCUT2D eigenvalue weighted by molar-refractivity contribution is -0.156. The number of pyridine rings is 1. The Labute approximate surface area is 204 Å². The number of nitrogens with one attached hydrogen (secondary N) is 3. The highest BCUT2D eigenvalue weighted by atomic mass is 35.5. The molecule has 3 N–H and O–H groups in total. The SMILES string of the molecule is O=C(CC(F)(F)F)N[C@@]1(C(=O)NCc2ncc(Nc3ccc(F)cc3C(F)(F)F)cc2Cl)CCOC1. The predicted octanol–water partition coefficient (Wildman–Crippen LogP) is 4.48. The molecule has 0 saturated carbocycles. The average Bonchev–Trinajstić information content (AvgIpc) is 3.21. The molecule has 0 unspecified atom stereocenters. The Hall–Kier alpha value is -3.13. The number of hydrogen-bond donors (Lipinski definition) is 3. The van der Waals surface area contributed by atoms with E-state index in [4.69, 9.17) is 16.3 Å². The van der Waals surface area contributed by atoms with Gasteiger partial charge in [-0.2, -0.15) is 26.3 Å². The lowest BCUT2D eigenvalue weighted by Crippen LogP contribution is -2.59. The zero-order valence-corrected chi connectivity index (χ0v) is 18.9. The van der Waals surface area contributed by atoms with Crippen LogP contribution in [0.15, 0.2) is 30.5 Å². The van der Waals surface area contributed by atoms with E-state index in [1.54, 1.807) is 0 Å². The lowest BCUT2D eigenvalue weighted by atomic mass is 9.97. The van der Waals surface area contributed by atoms with Crippen LogP contribution in [0.2, 0.25) is 5.02 Å². The fraction of sp³-hybridized carbons (Fsp3) is 0.381. The van der Waals surface area contributed by atoms with E-state index in [1.165, 1.54) is 6.07 Å². The third-order valence-corrected chi connectivity index (χ3v) is 5.42. The fourth-order valence-corrected chi connectivity index (χ4v) is 3.64. The van der Waals surface area contributed by atoms with Gasteiger partial charge in [-0.1, -0.05) is 11.6 Å². The Morgan fingerprint density at radius 1 is 1.14 bits per heavy atom. The van der Waals surface area contributed by atoms with Crippen LogP contribution >= 0.6 is 11.6 Å². The molecule has 0 radical (unpaired) electrons. The van der Waals surface area contributed by atoms with Crippen LogP contribution in [0.25, 0.3) is 0 Å². The third-order valence-electron chi connectivity index (χ3n) is 5.10. The summed E-state index contributed by atoms with van der Waals surface area (Å²) in [6.07, 6.45) is -10.3. The molecule has 7 nitrogen and oxygen atoms in total. The Morgan fingerprint density at radius 2 is 1.86 bits per heavy atom. The number of anilines is 2. The van der Waals surface area contributed by atoms with E-state index in [9.17, 15) is 40.3 Å². The van der Waals surface area contributed by atoms with Gasteiger partial charge in [-0.25, -0.2) is 4.39 Å². The van der Waals surface area contributed by atoms with Gasteiger partial charge >= 0.3 is 12.4 Å². The molecule has 1 saturated heterocycles. The van der Waals surface area contributed by atoms with Gasteiger partial charge in [-0.15, -0.1) is 0 Å². The molecule has 36 heavy (non-hydrogen) atoms. The molecule has 1 atom stereocenters. The van der Waals surface area contributed by atoms with E-state index in [-0.39, 0.29) is 42.6 Å². The van der Waals surface area contributed by atoms with Gasteiger partial charge in [0.15, 0.2) is 0 Å². The van der Waals surface area contributed by atoms with Crippen LogP contribution < -0.4 is 16.0 Å². The molecule has 1 fully saturated rings. The van der Waals surface area contributed by atoms with E-state index in [0.717, 1.165) is 18.3 Å². The molecule has 2 amide bonds. The molecule has 15 heteroatoms. The average molecular weight is 543 g/mol. The molecule has 1 aromatic heterocycles. The van der Waals surface area contributed by atoms with Crippen molar-refractivity contribution < 1.29 is 45.1 Å². The first-order chi connectivity index (χ1) is 16.7. The first-order valence-corrected chi connectivity index (χ1v) is 10.6. The highest BCUT2D eigenvalue weighted by molar-refractivity contribution is 6.31. The maximum absolute atomic E-state index is 13.3. The van der Waals surface area contributed by atoms with E-state index >= 15 is 0 Å². The Morgan fingerprint density at radius 3 is 2.44 bits per heavy atom. The van der Waals surface area contributed by atoms with Gasteiger partial charge in [0.05, 0.1) is 47.0 Å². The number of aromatic nitrogens is 1. The summed E-state index contributed by atoms with van der Waals surface area (Å²) in [5, 5.41) is 6.89. The summed E-state index contributed by atoms with van der Waals surface area (Å²) < 4.78 is 95.4. The normalized spacial score (nSPS) is 18.1. The second-order valence-corrected chi connectivity index (χ2v) is 8.28. The molecule has 1 aromatic carbocycles. The van der Waals surface area contributed by atoms with Crippen molar-refractivity contribution in [1.82, 2.24) is 15.6 Å². The number of amides is 2. The number of halogens is 8. The molecule has 196 valence electrons. The number of hydrogen-bond acceptors (Lipinski definition) is 5. The molecule has 0 spiro atoms. The van der Waals surface area contributed by atoms with Gasteiger partial charge in [0.25, 0.3) is 0 Å². The van der Waals surface area contributed by atoms with Gasteiger partial charge in [-0.3, -0.25) is 14.6 Å². The molecule has 0 bridgehead atoms. The van der Waals surface area contributed by atoms with Crippen LogP contribution in [-0.2, 0) is 27.0 Å². The van der Waals surface area contributed by atoms with E-state index < -0.39 is 53.2 Å². The largest absolute Gasteiger partial charge is 0.418 e. The van der Waals surface area contributed by atoms with E-state index in [1.807, 2.05) is 0 Å². The van der Waals surface area contributed by atoms with Crippen molar-refractivity contribution >= 4 is 34.8 Å². The van der Waals surface area contributed by atoms with Crippen LogP contribution in [0.3, 0.4) is 0 Å². The molecule has 2 heterocycles. The first kappa shape index (κ1) is 27.5. The molecule has 1 aliphatic rings. The Bertz CT molecular complexity index is 1140. The molecule has 3 rings (SSSR count). The number of carbonyl (C=O) groups is 2. The maximum atomic E-state index is 13.3. The third kappa shape index (κ3) is 6.97. The van der Waals surface area contributed by atoms with Crippen LogP contribution in [0.1, 0.15) is 24.1 Å². The van der Waals surface area contributed by atoms with Crippen LogP contribution in [0.5, 0.6) is 0 Å². The van der Waals surface area contributed by atoms with Gasteiger partial charge < -0.3 is 20.7 Å². The van der Waals surface area contributed by atoms with E-state index in [2.05, 4.69) is 20.9 Å². The highest BCUT2D eigenvalue weighted by Crippen LogP contribution is 2.37. The monoisotopic (exact) mass is 542 g/mol. The summed E-state index contributed by atoms with van der Waals surface area (Å²) in [6, 6.07) is 3.29. The topological polar surface area (TPSA) is 92.4 Å². The zero-order valence-electron chi connectivity index (χ0n) is 18.1. The zero-order chi connectivity index (χ0) is 26.7. The number of carbonyl (C=O) groups excluding carboxylic acids is 2. The quantitative estimate of drug-likeness (QED) is 0.449. The second kappa shape index (κ2) is 10.5. The minimum atomic E-state index is -4.83. The number of alkyl halides is 6. The fourth-order valence-electron chi connectivity index (χ4n) is 3.41. The van der Waals surface area contributed by atoms with Crippen molar-refractivity contribution in [2.24, 2.45) is 0 Å². The first-order valence-electron chi connectivity index (χ1n) is 10.2. The second-order valence-electron chi connectivity index (χ2n) is 7.87. The van der Waals surface area contributed by atoms with Crippen molar-refractivity contribution in [3.05, 3.63) is 52.6 Å². The summed E-state index contributed by atoms with van der Waals surface area (Å²) >= 11 is 6.13. The minimum absolute atomic E-state index is 0.0301. The summed E-state index contributed by atoms with van der Waals surface area (Å²) in [7, 11) is 0. The number of benzene rings is 1. The molecule has 1 aliphatic heterocycles. The van der Waals surface area contributed by atoms with Crippen LogP contribution in [0, 0.1) is 5.82 Å². The number of rotatable bonds is 7. The number of nitrogens with zero attached hydrogens (tertiary/aromatic N) is 1. The van der Waals surface area contributed by atoms with Gasteiger partial charge in [0.2, 0.25) is 11.8 Å². The summed E-state index contributed by atoms with van der Waals surface area (Å²) in [4.78, 5) is 28.4. The smallest absolute Gasteiger partial charge is 0.378 e. The van der Waals surface area contributed by atoms with Crippen LogP contribution in [-0.4, -0.2) is 41.7 Å². The van der Waals surface area contributed by atoms with Gasteiger partial charge in [-0.05, 0) is 24.3 Å². The van der Waals surface area contributed by atoms with Gasteiger partial charge in [0.1, 0.15) is 17.8 Å². The molecule has 0 aliphatic carbocycles. The lowest BCUT2D eigenvalue weighted by Gasteiger charge is -2.27. The molecular weight excluding hydrogens is 525 g/mol. The van der Waals surface area contributed by atoms with Crippen LogP contribution in [0.4, 0.5) is 42.1 Å². The summed E-state index contributed by atoms with van der Waals surface area (Å²) in [5.74, 6) is -3.29. The molecule has 2 aromatic rings. The summed E-state index contributed by atoms with van der Waals surface area (Å²) in [5.41, 5.74) is -3.28. The Kier molecular flexibility index (Phi) is 7.98. The van der Waals surface area contributed by atoms with Crippen molar-refractivity contribution in [2.75, 3.05) is 18.5 Å². The van der Waals surface area contributed by atoms with Gasteiger partial charge in [0, 0.05) is 13.0 Å². The highest BCUT2D eigenvalue weighted by Gasteiger charge is 2.45. The summed E-state index contributed by atoms with van der Waals surface area (Å²) in [6.45, 7) is -0.618. The minimum Gasteiger partial charge on any atom is -0.378 e. The van der Waals surface area contributed by atoms with Crippen molar-refractivity contribution in [3.8, 4) is 0 Å². The van der Waals surface area contributed by atoms with Crippen molar-refractivity contribution in [2.45, 2.75) is 37.3 Å². The van der Waals surface area contributed by atoms with Crippen molar-refractivity contribution in [3.63, 3.8) is 0 Å². The predicted molar refractivity (Wildman–Crippen MR) is 113 cm³/mol. The van der Waals surface area contributed by atoms with E-state index in [0.29, 0.717) is 6.07 Å². The molecular formula is C21H18ClF7N4O3. The standard InChI is InChI=1S/C21H18ClF7N4O3/c22-14-6-12(32-15-2-1-11(23)5-13(15)21(27,28)29)8-30-16(14)9-31-18(35)19(3-4-36-10-19)33-17(34)7-20(24,25)26/h1-2,5-6,8,32H,3-4,7,9-10H2,(H,31,35)(H,33,34)/t19-/m0/s1. The van der Waals surface area contributed by atoms with Crippen molar-refractivity contribution in [1.29, 1.82) is 0 Å². The Balaban J connectivity index is 1.69. The number of ether oxygens (including phenoxy) is 1. The maximum Gasteiger partial charge on any atom is 0.418 e.